The number of rotatable bonds is 1. The number of hydrogen-bond acceptors (Lipinski definition) is 2. The van der Waals surface area contributed by atoms with E-state index in [1.165, 1.54) is 10.6 Å². The molecule has 0 radical (unpaired) electrons. The molecule has 0 saturated heterocycles. The summed E-state index contributed by atoms with van der Waals surface area (Å²) in [6.45, 7) is 0. The van der Waals surface area contributed by atoms with Crippen molar-refractivity contribution in [3.63, 3.8) is 0 Å². The van der Waals surface area contributed by atoms with Crippen LogP contribution in [0.25, 0.3) is 5.69 Å². The normalized spacial score (nSPS) is 13.6. The summed E-state index contributed by atoms with van der Waals surface area (Å²) < 4.78 is 15.1. The van der Waals surface area contributed by atoms with Gasteiger partial charge in [0.2, 0.25) is 0 Å². The molecule has 1 aromatic carbocycles. The molecule has 1 aliphatic rings. The third kappa shape index (κ3) is 1.92. The van der Waals surface area contributed by atoms with Gasteiger partial charge in [0.05, 0.1) is 5.69 Å². The van der Waals surface area contributed by atoms with Gasteiger partial charge in [0, 0.05) is 6.20 Å². The van der Waals surface area contributed by atoms with Gasteiger partial charge in [-0.2, -0.15) is 5.26 Å². The minimum Gasteiger partial charge on any atom is -0.280 e. The summed E-state index contributed by atoms with van der Waals surface area (Å²) in [5, 5.41) is 9.26. The maximum atomic E-state index is 13.9. The highest BCUT2D eigenvalue weighted by molar-refractivity contribution is 5.45. The first-order chi connectivity index (χ1) is 9.72. The number of hydrogen-bond donors (Lipinski definition) is 0. The smallest absolute Gasteiger partial charge is 0.273 e. The summed E-state index contributed by atoms with van der Waals surface area (Å²) in [6, 6.07) is 8.11. The lowest BCUT2D eigenvalue weighted by atomic mass is 9.90. The van der Waals surface area contributed by atoms with E-state index >= 15 is 0 Å². The van der Waals surface area contributed by atoms with Crippen molar-refractivity contribution < 1.29 is 4.39 Å². The summed E-state index contributed by atoms with van der Waals surface area (Å²) in [7, 11) is 0. The summed E-state index contributed by atoms with van der Waals surface area (Å²) >= 11 is 0. The number of nitrogens with zero attached hydrogens (tertiary/aromatic N) is 2. The van der Waals surface area contributed by atoms with Crippen LogP contribution in [0, 0.1) is 17.1 Å². The molecule has 0 spiro atoms. The van der Waals surface area contributed by atoms with Gasteiger partial charge in [0.1, 0.15) is 17.4 Å². The predicted molar refractivity (Wildman–Crippen MR) is 73.4 cm³/mol. The van der Waals surface area contributed by atoms with E-state index < -0.39 is 11.4 Å². The van der Waals surface area contributed by atoms with Crippen molar-refractivity contribution in [2.45, 2.75) is 25.7 Å². The molecule has 0 unspecified atom stereocenters. The van der Waals surface area contributed by atoms with Crippen molar-refractivity contribution in [2.24, 2.45) is 0 Å². The van der Waals surface area contributed by atoms with Crippen molar-refractivity contribution in [1.82, 2.24) is 4.57 Å². The second-order valence-corrected chi connectivity index (χ2v) is 4.95. The molecule has 2 aromatic rings. The van der Waals surface area contributed by atoms with E-state index in [1.54, 1.807) is 24.4 Å². The van der Waals surface area contributed by atoms with Crippen LogP contribution in [-0.4, -0.2) is 4.57 Å². The second-order valence-electron chi connectivity index (χ2n) is 4.95. The average molecular weight is 268 g/mol. The number of fused-ring (bicyclic) bond motifs is 1. The Balaban J connectivity index is 2.31. The molecule has 0 amide bonds. The number of nitriles is 1. The molecule has 1 aliphatic carbocycles. The van der Waals surface area contributed by atoms with Gasteiger partial charge in [-0.1, -0.05) is 12.1 Å². The highest BCUT2D eigenvalue weighted by atomic mass is 19.1. The predicted octanol–water partition coefficient (Wildman–Crippen LogP) is 2.73. The van der Waals surface area contributed by atoms with Crippen LogP contribution in [-0.2, 0) is 12.8 Å². The SMILES string of the molecule is N#Cc1c2c(cn(-c3ccccc3F)c1=O)CCCC2. The molecule has 0 saturated carbocycles. The van der Waals surface area contributed by atoms with Crippen LogP contribution in [0.4, 0.5) is 4.39 Å². The Morgan fingerprint density at radius 1 is 1.20 bits per heavy atom. The Morgan fingerprint density at radius 3 is 2.70 bits per heavy atom. The molecular formula is C16H13FN2O. The first-order valence-corrected chi connectivity index (χ1v) is 6.65. The number of aryl methyl sites for hydroxylation is 1. The average Bonchev–Trinajstić information content (AvgIpc) is 2.47. The van der Waals surface area contributed by atoms with Crippen molar-refractivity contribution in [3.05, 3.63) is 63.3 Å². The van der Waals surface area contributed by atoms with Gasteiger partial charge in [0.15, 0.2) is 0 Å². The maximum Gasteiger partial charge on any atom is 0.273 e. The molecular weight excluding hydrogens is 255 g/mol. The number of para-hydroxylation sites is 1. The van der Waals surface area contributed by atoms with E-state index in [-0.39, 0.29) is 11.3 Å². The van der Waals surface area contributed by atoms with Gasteiger partial charge in [-0.15, -0.1) is 0 Å². The summed E-state index contributed by atoms with van der Waals surface area (Å²) in [5.74, 6) is -0.464. The highest BCUT2D eigenvalue weighted by Gasteiger charge is 2.19. The van der Waals surface area contributed by atoms with Gasteiger partial charge in [-0.25, -0.2) is 4.39 Å². The second kappa shape index (κ2) is 4.93. The third-order valence-electron chi connectivity index (χ3n) is 3.75. The van der Waals surface area contributed by atoms with Gasteiger partial charge in [-0.3, -0.25) is 9.36 Å². The van der Waals surface area contributed by atoms with Crippen molar-refractivity contribution in [2.75, 3.05) is 0 Å². The number of pyridine rings is 1. The first kappa shape index (κ1) is 12.6. The molecule has 0 atom stereocenters. The number of aromatic nitrogens is 1. The Kier molecular flexibility index (Phi) is 3.11. The summed E-state index contributed by atoms with van der Waals surface area (Å²) in [6.07, 6.45) is 5.30. The molecule has 0 bridgehead atoms. The quantitative estimate of drug-likeness (QED) is 0.798. The molecule has 0 N–H and O–H groups in total. The van der Waals surface area contributed by atoms with E-state index in [1.807, 2.05) is 6.07 Å². The Labute approximate surface area is 115 Å². The minimum absolute atomic E-state index is 0.158. The maximum absolute atomic E-state index is 13.9. The first-order valence-electron chi connectivity index (χ1n) is 6.65. The fourth-order valence-corrected chi connectivity index (χ4v) is 2.76. The molecule has 3 nitrogen and oxygen atoms in total. The largest absolute Gasteiger partial charge is 0.280 e. The zero-order valence-corrected chi connectivity index (χ0v) is 10.9. The van der Waals surface area contributed by atoms with Gasteiger partial charge in [-0.05, 0) is 48.9 Å². The lowest BCUT2D eigenvalue weighted by molar-refractivity contribution is 0.613. The standard InChI is InChI=1S/C16H13FN2O/c17-14-7-3-4-8-15(14)19-10-11-5-1-2-6-12(11)13(9-18)16(19)20/h3-4,7-8,10H,1-2,5-6H2. The highest BCUT2D eigenvalue weighted by Crippen LogP contribution is 2.23. The van der Waals surface area contributed by atoms with E-state index in [2.05, 4.69) is 0 Å². The fraction of sp³-hybridized carbons (Fsp3) is 0.250. The Bertz CT molecular complexity index is 771. The van der Waals surface area contributed by atoms with Gasteiger partial charge in [0.25, 0.3) is 5.56 Å². The topological polar surface area (TPSA) is 45.8 Å². The van der Waals surface area contributed by atoms with E-state index in [0.29, 0.717) is 0 Å². The van der Waals surface area contributed by atoms with Crippen LogP contribution in [0.5, 0.6) is 0 Å². The van der Waals surface area contributed by atoms with E-state index in [9.17, 15) is 14.4 Å². The molecule has 3 rings (SSSR count). The van der Waals surface area contributed by atoms with Crippen molar-refractivity contribution >= 4 is 0 Å². The van der Waals surface area contributed by atoms with Crippen molar-refractivity contribution in [3.8, 4) is 11.8 Å². The fourth-order valence-electron chi connectivity index (χ4n) is 2.76. The van der Waals surface area contributed by atoms with E-state index in [4.69, 9.17) is 0 Å². The van der Waals surface area contributed by atoms with Crippen molar-refractivity contribution in [1.29, 1.82) is 5.26 Å². The molecule has 0 fully saturated rings. The van der Waals surface area contributed by atoms with Crippen LogP contribution in [0.15, 0.2) is 35.3 Å². The Morgan fingerprint density at radius 2 is 1.95 bits per heavy atom. The Hall–Kier alpha value is -2.41. The van der Waals surface area contributed by atoms with Crippen LogP contribution in [0.1, 0.15) is 29.5 Å². The molecule has 20 heavy (non-hydrogen) atoms. The van der Waals surface area contributed by atoms with Crippen LogP contribution in [0.3, 0.4) is 0 Å². The lowest BCUT2D eigenvalue weighted by Gasteiger charge is -2.19. The zero-order chi connectivity index (χ0) is 14.1. The number of benzene rings is 1. The molecule has 100 valence electrons. The van der Waals surface area contributed by atoms with Crippen LogP contribution < -0.4 is 5.56 Å². The molecule has 1 heterocycles. The summed E-state index contributed by atoms with van der Waals surface area (Å²) in [5.41, 5.74) is 1.75. The molecule has 4 heteroatoms. The third-order valence-corrected chi connectivity index (χ3v) is 3.75. The van der Waals surface area contributed by atoms with Crippen LogP contribution >= 0.6 is 0 Å². The monoisotopic (exact) mass is 268 g/mol. The number of halogens is 1. The zero-order valence-electron chi connectivity index (χ0n) is 10.9. The summed E-state index contributed by atoms with van der Waals surface area (Å²) in [4.78, 5) is 12.4. The van der Waals surface area contributed by atoms with E-state index in [0.717, 1.165) is 36.8 Å². The lowest BCUT2D eigenvalue weighted by Crippen LogP contribution is -2.26. The van der Waals surface area contributed by atoms with Gasteiger partial charge < -0.3 is 0 Å². The van der Waals surface area contributed by atoms with Gasteiger partial charge >= 0.3 is 0 Å². The molecule has 1 aromatic heterocycles. The molecule has 0 aliphatic heterocycles. The van der Waals surface area contributed by atoms with Crippen LogP contribution in [0.2, 0.25) is 0 Å². The minimum atomic E-state index is -0.464.